The van der Waals surface area contributed by atoms with Gasteiger partial charge in [0.1, 0.15) is 11.7 Å². The molecule has 5 aliphatic rings. The fourth-order valence-electron chi connectivity index (χ4n) is 7.88. The molecule has 0 aromatic carbocycles. The van der Waals surface area contributed by atoms with E-state index in [0.29, 0.717) is 18.3 Å². The Balaban J connectivity index is 1.45. The zero-order valence-corrected chi connectivity index (χ0v) is 17.0. The Bertz CT molecular complexity index is 831. The minimum Gasteiger partial charge on any atom is -0.481 e. The van der Waals surface area contributed by atoms with Crippen LogP contribution >= 0.6 is 0 Å². The van der Waals surface area contributed by atoms with Gasteiger partial charge in [0.25, 0.3) is 0 Å². The van der Waals surface area contributed by atoms with E-state index in [9.17, 15) is 19.8 Å². The number of allylic oxidation sites excluding steroid dienone is 4. The number of carboxylic acid groups (broad SMARTS) is 1. The van der Waals surface area contributed by atoms with Gasteiger partial charge in [-0.25, -0.2) is 0 Å². The molecule has 0 aromatic heterocycles. The maximum absolute atomic E-state index is 11.9. The molecule has 1 spiro atoms. The summed E-state index contributed by atoms with van der Waals surface area (Å²) in [6, 6.07) is 0. The number of rotatable bonds is 3. The van der Waals surface area contributed by atoms with Crippen LogP contribution in [0.25, 0.3) is 0 Å². The van der Waals surface area contributed by atoms with Crippen molar-refractivity contribution in [3.8, 4) is 0 Å². The highest BCUT2D eigenvalue weighted by atomic mass is 16.6. The minimum absolute atomic E-state index is 0.0347. The number of ether oxygens (including phenoxy) is 1. The van der Waals surface area contributed by atoms with Crippen LogP contribution < -0.4 is 0 Å². The molecule has 5 rings (SSSR count). The van der Waals surface area contributed by atoms with Crippen LogP contribution in [0.4, 0.5) is 0 Å². The van der Waals surface area contributed by atoms with Crippen LogP contribution in [0.15, 0.2) is 23.8 Å². The van der Waals surface area contributed by atoms with Gasteiger partial charge in [0.05, 0.1) is 18.6 Å². The number of fused-ring (bicyclic) bond motifs is 6. The number of ketones is 1. The van der Waals surface area contributed by atoms with Gasteiger partial charge in [0.2, 0.25) is 0 Å². The summed E-state index contributed by atoms with van der Waals surface area (Å²) in [6.07, 6.45) is 7.27. The highest BCUT2D eigenvalue weighted by molar-refractivity contribution is 6.01. The van der Waals surface area contributed by atoms with Crippen molar-refractivity contribution in [2.24, 2.45) is 28.6 Å². The molecular weight excluding hydrogens is 372 g/mol. The first-order chi connectivity index (χ1) is 13.6. The van der Waals surface area contributed by atoms with E-state index in [4.69, 9.17) is 9.84 Å². The highest BCUT2D eigenvalue weighted by Crippen LogP contribution is 2.72. The van der Waals surface area contributed by atoms with Gasteiger partial charge in [-0.3, -0.25) is 9.59 Å². The average Bonchev–Trinajstić information content (AvgIpc) is 3.30. The van der Waals surface area contributed by atoms with Crippen molar-refractivity contribution in [1.29, 1.82) is 0 Å². The van der Waals surface area contributed by atoms with E-state index in [1.165, 1.54) is 0 Å². The molecule has 1 saturated heterocycles. The summed E-state index contributed by atoms with van der Waals surface area (Å²) in [4.78, 5) is 22.9. The number of carboxylic acids is 1. The number of aliphatic hydroxyl groups is 2. The molecule has 4 fully saturated rings. The lowest BCUT2D eigenvalue weighted by atomic mass is 9.46. The molecule has 0 aromatic rings. The largest absolute Gasteiger partial charge is 0.481 e. The molecule has 1 heterocycles. The second kappa shape index (κ2) is 6.02. The molecule has 9 atom stereocenters. The lowest BCUT2D eigenvalue weighted by Gasteiger charge is -2.58. The predicted molar refractivity (Wildman–Crippen MR) is 104 cm³/mol. The van der Waals surface area contributed by atoms with Crippen LogP contribution in [-0.2, 0) is 14.3 Å². The normalized spacial score (nSPS) is 51.1. The average molecular weight is 402 g/mol. The minimum atomic E-state index is -1.02. The Morgan fingerprint density at radius 3 is 2.83 bits per heavy atom. The van der Waals surface area contributed by atoms with Gasteiger partial charge in [-0.2, -0.15) is 0 Å². The lowest BCUT2D eigenvalue weighted by Crippen LogP contribution is -2.57. The number of carbonyl (C=O) groups excluding carboxylic acids is 1. The Morgan fingerprint density at radius 2 is 2.10 bits per heavy atom. The molecule has 1 aliphatic heterocycles. The summed E-state index contributed by atoms with van der Waals surface area (Å²) in [5.41, 5.74) is 0.0520. The van der Waals surface area contributed by atoms with Crippen LogP contribution in [0.1, 0.15) is 52.4 Å². The molecule has 0 bridgehead atoms. The van der Waals surface area contributed by atoms with E-state index in [2.05, 4.69) is 13.8 Å². The molecular formula is C23H30O6. The molecule has 0 radical (unpaired) electrons. The topological polar surface area (TPSA) is 107 Å². The maximum Gasteiger partial charge on any atom is 0.306 e. The first-order valence-electron chi connectivity index (χ1n) is 10.8. The predicted octanol–water partition coefficient (Wildman–Crippen LogP) is 2.24. The molecule has 29 heavy (non-hydrogen) atoms. The van der Waals surface area contributed by atoms with E-state index in [0.717, 1.165) is 31.3 Å². The quantitative estimate of drug-likeness (QED) is 0.625. The molecule has 4 aliphatic carbocycles. The molecule has 158 valence electrons. The summed E-state index contributed by atoms with van der Waals surface area (Å²) in [6.45, 7) is 4.33. The van der Waals surface area contributed by atoms with Crippen LogP contribution in [0, 0.1) is 28.6 Å². The van der Waals surface area contributed by atoms with Gasteiger partial charge in [0, 0.05) is 16.7 Å². The monoisotopic (exact) mass is 402 g/mol. The number of carbonyl (C=O) groups is 2. The summed E-state index contributed by atoms with van der Waals surface area (Å²) in [7, 11) is 0. The van der Waals surface area contributed by atoms with Gasteiger partial charge in [-0.15, -0.1) is 0 Å². The number of hydrogen-bond acceptors (Lipinski definition) is 5. The van der Waals surface area contributed by atoms with Gasteiger partial charge in [0.15, 0.2) is 5.78 Å². The van der Waals surface area contributed by atoms with Crippen molar-refractivity contribution in [2.75, 3.05) is 0 Å². The van der Waals surface area contributed by atoms with Crippen LogP contribution in [0.3, 0.4) is 0 Å². The molecule has 3 unspecified atom stereocenters. The number of hydrogen-bond donors (Lipinski definition) is 3. The summed E-state index contributed by atoms with van der Waals surface area (Å²) < 4.78 is 6.08. The first kappa shape index (κ1) is 19.5. The van der Waals surface area contributed by atoms with Crippen molar-refractivity contribution in [2.45, 2.75) is 76.3 Å². The van der Waals surface area contributed by atoms with Crippen molar-refractivity contribution in [3.05, 3.63) is 23.8 Å². The Hall–Kier alpha value is -1.50. The molecule has 6 heteroatoms. The lowest BCUT2D eigenvalue weighted by molar-refractivity contribution is -0.139. The third-order valence-electron chi connectivity index (χ3n) is 9.15. The zero-order chi connectivity index (χ0) is 20.8. The van der Waals surface area contributed by atoms with Gasteiger partial charge in [-0.1, -0.05) is 25.5 Å². The van der Waals surface area contributed by atoms with E-state index >= 15 is 0 Å². The van der Waals surface area contributed by atoms with E-state index in [-0.39, 0.29) is 29.0 Å². The third-order valence-corrected chi connectivity index (χ3v) is 9.15. The number of epoxide rings is 1. The molecule has 3 N–H and O–H groups in total. The maximum atomic E-state index is 11.9. The molecule has 6 nitrogen and oxygen atoms in total. The Morgan fingerprint density at radius 1 is 1.34 bits per heavy atom. The van der Waals surface area contributed by atoms with Crippen molar-refractivity contribution in [3.63, 3.8) is 0 Å². The fourth-order valence-corrected chi connectivity index (χ4v) is 7.88. The summed E-state index contributed by atoms with van der Waals surface area (Å²) >= 11 is 0. The van der Waals surface area contributed by atoms with E-state index in [1.807, 2.05) is 6.08 Å². The molecule has 0 amide bonds. The number of aliphatic carboxylic acids is 1. The fraction of sp³-hybridized carbons (Fsp3) is 0.739. The standard InChI is InChI=1S/C23H30O6/c1-21-7-5-13(24)9-12(21)3-4-14-15-6-8-23(20(29-23)16(25)10-18(27)28)22(15,2)11-17(26)19(14)21/h5,7,9,14-17,19-20,25-26H,3-4,6,8,10-11H2,1-2H3,(H,27,28)/t14-,15-,16?,17?,19+,20?,21-,22-,23-/m0/s1. The molecule has 3 saturated carbocycles. The summed E-state index contributed by atoms with van der Waals surface area (Å²) in [5, 5.41) is 30.8. The van der Waals surface area contributed by atoms with Crippen LogP contribution in [0.5, 0.6) is 0 Å². The van der Waals surface area contributed by atoms with Crippen LogP contribution in [0.2, 0.25) is 0 Å². The van der Waals surface area contributed by atoms with Crippen molar-refractivity contribution < 1.29 is 29.6 Å². The second-order valence-electron chi connectivity index (χ2n) is 10.3. The smallest absolute Gasteiger partial charge is 0.306 e. The van der Waals surface area contributed by atoms with E-state index in [1.54, 1.807) is 12.2 Å². The van der Waals surface area contributed by atoms with Gasteiger partial charge in [-0.05, 0) is 56.1 Å². The van der Waals surface area contributed by atoms with Crippen molar-refractivity contribution in [1.82, 2.24) is 0 Å². The van der Waals surface area contributed by atoms with Crippen LogP contribution in [-0.4, -0.2) is 51.0 Å². The SMILES string of the molecule is C[C@]12C=CC(=O)C=C1CC[C@@H]1[C@@H]2C(O)C[C@@]2(C)[C@H]1CC[C@@]21OC1C(O)CC(=O)O. The Kier molecular flexibility index (Phi) is 4.04. The van der Waals surface area contributed by atoms with Gasteiger partial charge < -0.3 is 20.1 Å². The zero-order valence-electron chi connectivity index (χ0n) is 17.0. The van der Waals surface area contributed by atoms with E-state index < -0.39 is 29.9 Å². The first-order valence-corrected chi connectivity index (χ1v) is 10.8. The highest BCUT2D eigenvalue weighted by Gasteiger charge is 2.76. The summed E-state index contributed by atoms with van der Waals surface area (Å²) in [5.74, 6) is -0.231. The van der Waals surface area contributed by atoms with Crippen molar-refractivity contribution >= 4 is 11.8 Å². The second-order valence-corrected chi connectivity index (χ2v) is 10.3. The Labute approximate surface area is 170 Å². The van der Waals surface area contributed by atoms with Gasteiger partial charge >= 0.3 is 5.97 Å². The number of aliphatic hydroxyl groups excluding tert-OH is 2. The third kappa shape index (κ3) is 2.45.